The molecule has 5 heteroatoms. The third kappa shape index (κ3) is 2.91. The molecule has 1 aromatic rings. The monoisotopic (exact) mass is 272 g/mol. The van der Waals surface area contributed by atoms with Gasteiger partial charge in [0.2, 0.25) is 5.60 Å². The number of aliphatic hydroxyl groups is 1. The Balaban J connectivity index is 3.21. The zero-order chi connectivity index (χ0) is 13.1. The molecule has 0 saturated carbocycles. The standard InChI is InChI=1S/C12H16O3S2/c1-4-9(17-8(2)3)12(15,11(13)14)10-6-5-7-16-10/h4-8,15H,1-3H3,(H,13,14)/b9-4-. The SMILES string of the molecule is C/C=C(\SC(C)C)C(O)(C(=O)O)c1cccs1. The van der Waals surface area contributed by atoms with Gasteiger partial charge in [-0.05, 0) is 18.4 Å². The van der Waals surface area contributed by atoms with Gasteiger partial charge in [-0.25, -0.2) is 4.79 Å². The van der Waals surface area contributed by atoms with Gasteiger partial charge >= 0.3 is 5.97 Å². The van der Waals surface area contributed by atoms with Crippen LogP contribution in [0.4, 0.5) is 0 Å². The van der Waals surface area contributed by atoms with Crippen LogP contribution in [0.1, 0.15) is 25.6 Å². The summed E-state index contributed by atoms with van der Waals surface area (Å²) in [6.45, 7) is 5.67. The Morgan fingerprint density at radius 2 is 2.24 bits per heavy atom. The molecule has 1 aromatic heterocycles. The summed E-state index contributed by atoms with van der Waals surface area (Å²) in [5, 5.41) is 21.8. The van der Waals surface area contributed by atoms with Crippen LogP contribution in [0.5, 0.6) is 0 Å². The second-order valence-corrected chi connectivity index (χ2v) is 6.38. The lowest BCUT2D eigenvalue weighted by Crippen LogP contribution is -2.36. The summed E-state index contributed by atoms with van der Waals surface area (Å²) < 4.78 is 0. The summed E-state index contributed by atoms with van der Waals surface area (Å²) in [6, 6.07) is 3.38. The minimum atomic E-state index is -1.92. The van der Waals surface area contributed by atoms with E-state index >= 15 is 0 Å². The zero-order valence-corrected chi connectivity index (χ0v) is 11.6. The van der Waals surface area contributed by atoms with E-state index < -0.39 is 11.6 Å². The Morgan fingerprint density at radius 3 is 2.59 bits per heavy atom. The van der Waals surface area contributed by atoms with Crippen LogP contribution >= 0.6 is 23.1 Å². The van der Waals surface area contributed by atoms with E-state index in [2.05, 4.69) is 0 Å². The van der Waals surface area contributed by atoms with Crippen molar-refractivity contribution in [2.24, 2.45) is 0 Å². The van der Waals surface area contributed by atoms with E-state index in [0.717, 1.165) is 0 Å². The first-order chi connectivity index (χ1) is 7.92. The van der Waals surface area contributed by atoms with E-state index in [4.69, 9.17) is 0 Å². The Kier molecular flexibility index (Phi) is 4.80. The number of carbonyl (C=O) groups is 1. The number of allylic oxidation sites excluding steroid dienone is 1. The summed E-state index contributed by atoms with van der Waals surface area (Å²) >= 11 is 2.61. The van der Waals surface area contributed by atoms with E-state index in [9.17, 15) is 15.0 Å². The lowest BCUT2D eigenvalue weighted by Gasteiger charge is -2.26. The number of hydrogen-bond donors (Lipinski definition) is 2. The van der Waals surface area contributed by atoms with Crippen molar-refractivity contribution < 1.29 is 15.0 Å². The Hall–Kier alpha value is -0.780. The molecule has 1 unspecified atom stereocenters. The van der Waals surface area contributed by atoms with Crippen molar-refractivity contribution in [1.82, 2.24) is 0 Å². The molecule has 17 heavy (non-hydrogen) atoms. The second-order valence-electron chi connectivity index (χ2n) is 3.81. The maximum atomic E-state index is 11.4. The third-order valence-corrected chi connectivity index (χ3v) is 4.40. The van der Waals surface area contributed by atoms with E-state index in [1.54, 1.807) is 30.5 Å². The summed E-state index contributed by atoms with van der Waals surface area (Å²) in [6.07, 6.45) is 1.67. The van der Waals surface area contributed by atoms with Crippen molar-refractivity contribution in [3.8, 4) is 0 Å². The van der Waals surface area contributed by atoms with Crippen molar-refractivity contribution in [2.45, 2.75) is 31.6 Å². The zero-order valence-electron chi connectivity index (χ0n) is 10.0. The summed E-state index contributed by atoms with van der Waals surface area (Å²) in [7, 11) is 0. The van der Waals surface area contributed by atoms with Gasteiger partial charge in [0.1, 0.15) is 0 Å². The van der Waals surface area contributed by atoms with Crippen molar-refractivity contribution >= 4 is 29.1 Å². The van der Waals surface area contributed by atoms with Crippen LogP contribution in [-0.2, 0) is 10.4 Å². The van der Waals surface area contributed by atoms with Gasteiger partial charge in [-0.1, -0.05) is 26.0 Å². The molecule has 0 aliphatic rings. The van der Waals surface area contributed by atoms with Crippen LogP contribution in [0.3, 0.4) is 0 Å². The average molecular weight is 272 g/mol. The minimum absolute atomic E-state index is 0.215. The molecule has 0 saturated heterocycles. The number of aliphatic carboxylic acids is 1. The smallest absolute Gasteiger partial charge is 0.346 e. The van der Waals surface area contributed by atoms with Crippen LogP contribution < -0.4 is 0 Å². The Morgan fingerprint density at radius 1 is 1.59 bits per heavy atom. The number of thiophene rings is 1. The molecule has 1 rings (SSSR count). The first kappa shape index (κ1) is 14.3. The normalized spacial score (nSPS) is 15.9. The molecule has 2 N–H and O–H groups in total. The van der Waals surface area contributed by atoms with Crippen LogP contribution in [0, 0.1) is 0 Å². The van der Waals surface area contributed by atoms with Gasteiger partial charge in [-0.2, -0.15) is 0 Å². The van der Waals surface area contributed by atoms with Crippen LogP contribution in [-0.4, -0.2) is 21.4 Å². The predicted octanol–water partition coefficient (Wildman–Crippen LogP) is 3.07. The highest BCUT2D eigenvalue weighted by Gasteiger charge is 2.43. The number of rotatable bonds is 5. The van der Waals surface area contributed by atoms with E-state index in [0.29, 0.717) is 9.78 Å². The van der Waals surface area contributed by atoms with Crippen LogP contribution in [0.25, 0.3) is 0 Å². The largest absolute Gasteiger partial charge is 0.479 e. The first-order valence-electron chi connectivity index (χ1n) is 5.26. The van der Waals surface area contributed by atoms with Gasteiger partial charge in [0.15, 0.2) is 0 Å². The fourth-order valence-electron chi connectivity index (χ4n) is 1.43. The molecule has 1 heterocycles. The topological polar surface area (TPSA) is 57.5 Å². The summed E-state index contributed by atoms with van der Waals surface area (Å²) in [5.74, 6) is -1.23. The van der Waals surface area contributed by atoms with Crippen molar-refractivity contribution in [2.75, 3.05) is 0 Å². The van der Waals surface area contributed by atoms with Crippen molar-refractivity contribution in [3.63, 3.8) is 0 Å². The highest BCUT2D eigenvalue weighted by molar-refractivity contribution is 8.03. The van der Waals surface area contributed by atoms with E-state index in [1.165, 1.54) is 23.1 Å². The van der Waals surface area contributed by atoms with Gasteiger partial charge in [0.25, 0.3) is 0 Å². The molecule has 0 spiro atoms. The quantitative estimate of drug-likeness (QED) is 0.865. The van der Waals surface area contributed by atoms with Crippen LogP contribution in [0.15, 0.2) is 28.5 Å². The maximum Gasteiger partial charge on any atom is 0.346 e. The lowest BCUT2D eigenvalue weighted by atomic mass is 10.0. The highest BCUT2D eigenvalue weighted by atomic mass is 32.2. The minimum Gasteiger partial charge on any atom is -0.479 e. The average Bonchev–Trinajstić information content (AvgIpc) is 2.77. The molecule has 3 nitrogen and oxygen atoms in total. The third-order valence-electron chi connectivity index (χ3n) is 2.17. The molecular formula is C12H16O3S2. The van der Waals surface area contributed by atoms with Crippen LogP contribution in [0.2, 0.25) is 0 Å². The number of hydrogen-bond acceptors (Lipinski definition) is 4. The molecule has 0 radical (unpaired) electrons. The molecule has 0 aliphatic heterocycles. The van der Waals surface area contributed by atoms with Gasteiger partial charge < -0.3 is 10.2 Å². The fraction of sp³-hybridized carbons (Fsp3) is 0.417. The van der Waals surface area contributed by atoms with E-state index in [-0.39, 0.29) is 5.25 Å². The molecule has 0 aromatic carbocycles. The lowest BCUT2D eigenvalue weighted by molar-refractivity contribution is -0.154. The number of carboxylic acid groups (broad SMARTS) is 1. The van der Waals surface area contributed by atoms with Gasteiger partial charge in [-0.15, -0.1) is 23.1 Å². The Labute approximate surface area is 109 Å². The molecule has 0 bridgehead atoms. The fourth-order valence-corrected chi connectivity index (χ4v) is 3.34. The molecule has 0 fully saturated rings. The van der Waals surface area contributed by atoms with Gasteiger partial charge in [-0.3, -0.25) is 0 Å². The highest BCUT2D eigenvalue weighted by Crippen LogP contribution is 2.40. The molecule has 1 atom stereocenters. The van der Waals surface area contributed by atoms with E-state index in [1.807, 2.05) is 13.8 Å². The van der Waals surface area contributed by atoms with Gasteiger partial charge in [0, 0.05) is 10.2 Å². The van der Waals surface area contributed by atoms with Crippen molar-refractivity contribution in [1.29, 1.82) is 0 Å². The predicted molar refractivity (Wildman–Crippen MR) is 72.3 cm³/mol. The van der Waals surface area contributed by atoms with Crippen molar-refractivity contribution in [3.05, 3.63) is 33.4 Å². The van der Waals surface area contributed by atoms with Gasteiger partial charge in [0.05, 0.1) is 4.88 Å². The second kappa shape index (κ2) is 5.71. The summed E-state index contributed by atoms with van der Waals surface area (Å²) in [5.41, 5.74) is -1.92. The molecule has 0 aliphatic carbocycles. The summed E-state index contributed by atoms with van der Waals surface area (Å²) in [4.78, 5) is 12.3. The first-order valence-corrected chi connectivity index (χ1v) is 7.02. The Bertz CT molecular complexity index is 409. The molecule has 0 amide bonds. The molecular weight excluding hydrogens is 256 g/mol. The maximum absolute atomic E-state index is 11.4. The molecule has 94 valence electrons. The number of carboxylic acids is 1. The number of thioether (sulfide) groups is 1.